The van der Waals surface area contributed by atoms with Crippen LogP contribution in [0.4, 0.5) is 0 Å². The molecule has 5 nitrogen and oxygen atoms in total. The van der Waals surface area contributed by atoms with Gasteiger partial charge in [-0.1, -0.05) is 26.0 Å². The van der Waals surface area contributed by atoms with Crippen LogP contribution in [-0.2, 0) is 5.54 Å². The monoisotopic (exact) mass is 285 g/mol. The van der Waals surface area contributed by atoms with E-state index in [1.807, 2.05) is 27.7 Å². The van der Waals surface area contributed by atoms with E-state index in [1.54, 1.807) is 12.1 Å². The quantitative estimate of drug-likeness (QED) is 0.529. The van der Waals surface area contributed by atoms with Crippen molar-refractivity contribution in [2.45, 2.75) is 44.0 Å². The summed E-state index contributed by atoms with van der Waals surface area (Å²) in [6, 6.07) is 3.26. The van der Waals surface area contributed by atoms with E-state index in [0.29, 0.717) is 15.9 Å². The molecule has 1 aromatic rings. The van der Waals surface area contributed by atoms with Crippen molar-refractivity contribution in [3.8, 4) is 0 Å². The van der Waals surface area contributed by atoms with E-state index in [-0.39, 0.29) is 5.92 Å². The van der Waals surface area contributed by atoms with Crippen LogP contribution in [0.1, 0.15) is 44.7 Å². The molecular weight excluding hydrogens is 265 g/mol. The highest BCUT2D eigenvalue weighted by Crippen LogP contribution is 2.58. The second-order valence-electron chi connectivity index (χ2n) is 5.79. The summed E-state index contributed by atoms with van der Waals surface area (Å²) in [4.78, 5) is 0.497. The van der Waals surface area contributed by atoms with Crippen molar-refractivity contribution in [1.82, 2.24) is 4.72 Å². The van der Waals surface area contributed by atoms with E-state index in [0.717, 1.165) is 5.56 Å². The van der Waals surface area contributed by atoms with E-state index in [2.05, 4.69) is 4.72 Å². The molecule has 5 N–H and O–H groups in total. The number of fused-ring (bicyclic) bond motifs is 1. The molecule has 106 valence electrons. The van der Waals surface area contributed by atoms with Gasteiger partial charge in [-0.25, -0.2) is 4.72 Å². The van der Waals surface area contributed by atoms with E-state index in [4.69, 9.17) is 0 Å². The smallest absolute Gasteiger partial charge is 0.423 e. The Morgan fingerprint density at radius 2 is 1.79 bits per heavy atom. The van der Waals surface area contributed by atoms with Gasteiger partial charge in [0.2, 0.25) is 0 Å². The van der Waals surface area contributed by atoms with Gasteiger partial charge in [-0.05, 0) is 36.4 Å². The number of benzene rings is 1. The van der Waals surface area contributed by atoms with Crippen molar-refractivity contribution in [3.05, 3.63) is 23.3 Å². The van der Waals surface area contributed by atoms with Crippen LogP contribution in [0.15, 0.2) is 17.0 Å². The largest absolute Gasteiger partial charge is 0.488 e. The Balaban J connectivity index is 2.77. The van der Waals surface area contributed by atoms with Crippen molar-refractivity contribution >= 4 is 23.4 Å². The number of hydrogen-bond acceptors (Lipinski definition) is 5. The Labute approximate surface area is 115 Å². The molecule has 19 heavy (non-hydrogen) atoms. The predicted octanol–water partition coefficient (Wildman–Crippen LogP) is 1.35. The highest BCUT2D eigenvalue weighted by molar-refractivity contribution is 8.23. The van der Waals surface area contributed by atoms with E-state index >= 15 is 0 Å². The lowest BCUT2D eigenvalue weighted by molar-refractivity contribution is 0.425. The Bertz CT molecular complexity index is 517. The van der Waals surface area contributed by atoms with Crippen molar-refractivity contribution in [2.75, 3.05) is 0 Å². The normalized spacial score (nSPS) is 21.3. The minimum atomic E-state index is -3.04. The maximum atomic E-state index is 10.2. The molecule has 0 aromatic heterocycles. The summed E-state index contributed by atoms with van der Waals surface area (Å²) in [7, 11) is -4.61. The maximum Gasteiger partial charge on any atom is 0.488 e. The minimum absolute atomic E-state index is 0.0503. The lowest BCUT2D eigenvalue weighted by Gasteiger charge is -2.32. The van der Waals surface area contributed by atoms with E-state index in [1.165, 1.54) is 0 Å². The van der Waals surface area contributed by atoms with Gasteiger partial charge in [-0.2, -0.15) is 0 Å². The molecule has 0 bridgehead atoms. The van der Waals surface area contributed by atoms with Gasteiger partial charge >= 0.3 is 7.12 Å². The number of nitrogens with one attached hydrogen (secondary N) is 1. The molecule has 1 aliphatic rings. The maximum absolute atomic E-state index is 10.2. The fraction of sp³-hybridized carbons (Fsp3) is 0.500. The van der Waals surface area contributed by atoms with Crippen LogP contribution in [0.3, 0.4) is 0 Å². The van der Waals surface area contributed by atoms with Crippen LogP contribution in [0.5, 0.6) is 0 Å². The van der Waals surface area contributed by atoms with Gasteiger partial charge in [0.15, 0.2) is 0 Å². The second-order valence-corrected chi connectivity index (χ2v) is 7.50. The lowest BCUT2D eigenvalue weighted by Crippen LogP contribution is -2.34. The first kappa shape index (κ1) is 14.8. The first-order valence-corrected chi connectivity index (χ1v) is 7.72. The summed E-state index contributed by atoms with van der Waals surface area (Å²) >= 11 is 0. The van der Waals surface area contributed by atoms with Gasteiger partial charge in [0.1, 0.15) is 0 Å². The zero-order valence-electron chi connectivity index (χ0n) is 11.5. The topological polar surface area (TPSA) is 93.0 Å². The minimum Gasteiger partial charge on any atom is -0.423 e. The standard InChI is InChI=1S/C12H20BNO4S/c1-7(2)9-5-8(13(15)16)6-10-11(9)19(17,18)14-12(10,3)4/h5-7,14-18H,1-4H3. The molecular formula is C12H20BNO4S. The summed E-state index contributed by atoms with van der Waals surface area (Å²) in [6.07, 6.45) is 0. The van der Waals surface area contributed by atoms with E-state index < -0.39 is 23.4 Å². The highest BCUT2D eigenvalue weighted by Gasteiger charge is 2.42. The fourth-order valence-corrected chi connectivity index (χ4v) is 4.66. The van der Waals surface area contributed by atoms with Crippen LogP contribution < -0.4 is 10.2 Å². The van der Waals surface area contributed by atoms with Crippen LogP contribution >= 0.6 is 10.8 Å². The Kier molecular flexibility index (Phi) is 3.50. The predicted molar refractivity (Wildman–Crippen MR) is 77.6 cm³/mol. The summed E-state index contributed by atoms with van der Waals surface area (Å²) in [6.45, 7) is 7.54. The van der Waals surface area contributed by atoms with Crippen molar-refractivity contribution in [2.24, 2.45) is 0 Å². The molecule has 0 spiro atoms. The lowest BCUT2D eigenvalue weighted by atomic mass is 9.75. The third-order valence-corrected chi connectivity index (χ3v) is 5.24. The second kappa shape index (κ2) is 4.48. The molecule has 0 fully saturated rings. The summed E-state index contributed by atoms with van der Waals surface area (Å²) in [5.74, 6) is 0.0503. The molecule has 1 aliphatic heterocycles. The molecule has 1 aromatic carbocycles. The van der Waals surface area contributed by atoms with Gasteiger partial charge in [-0.3, -0.25) is 9.11 Å². The molecule has 1 heterocycles. The van der Waals surface area contributed by atoms with Crippen LogP contribution in [0.25, 0.3) is 0 Å². The first-order valence-electron chi connectivity index (χ1n) is 6.18. The van der Waals surface area contributed by atoms with E-state index in [9.17, 15) is 19.2 Å². The van der Waals surface area contributed by atoms with Crippen LogP contribution in [0, 0.1) is 0 Å². The van der Waals surface area contributed by atoms with Crippen LogP contribution in [-0.4, -0.2) is 26.3 Å². The number of hydrogen-bond donors (Lipinski definition) is 5. The average molecular weight is 285 g/mol. The fourth-order valence-electron chi connectivity index (χ4n) is 2.50. The molecule has 2 rings (SSSR count). The Morgan fingerprint density at radius 1 is 1.21 bits per heavy atom. The molecule has 7 heteroatoms. The molecule has 0 saturated heterocycles. The van der Waals surface area contributed by atoms with Crippen molar-refractivity contribution in [3.63, 3.8) is 0 Å². The summed E-state index contributed by atoms with van der Waals surface area (Å²) < 4.78 is 23.3. The Hall–Kier alpha value is -0.565. The zero-order valence-corrected chi connectivity index (χ0v) is 12.3. The van der Waals surface area contributed by atoms with Crippen molar-refractivity contribution in [1.29, 1.82) is 0 Å². The van der Waals surface area contributed by atoms with Gasteiger partial charge in [-0.15, -0.1) is 10.8 Å². The third-order valence-electron chi connectivity index (χ3n) is 3.42. The van der Waals surface area contributed by atoms with Gasteiger partial charge in [0.05, 0.1) is 10.4 Å². The molecule has 0 saturated carbocycles. The molecule has 0 aliphatic carbocycles. The van der Waals surface area contributed by atoms with Gasteiger partial charge in [0.25, 0.3) is 0 Å². The average Bonchev–Trinajstić information content (AvgIpc) is 2.43. The number of rotatable bonds is 2. The first-order chi connectivity index (χ1) is 8.56. The molecule has 0 radical (unpaired) electrons. The third kappa shape index (κ3) is 2.42. The van der Waals surface area contributed by atoms with Gasteiger partial charge < -0.3 is 10.0 Å². The highest BCUT2D eigenvalue weighted by atomic mass is 32.3. The molecule has 0 unspecified atom stereocenters. The SMILES string of the molecule is CC(C)c1cc(B(O)O)cc2c1S(O)(O)NC2(C)C. The zero-order chi connectivity index (χ0) is 14.6. The van der Waals surface area contributed by atoms with Gasteiger partial charge in [0, 0.05) is 0 Å². The van der Waals surface area contributed by atoms with Crippen LogP contribution in [0.2, 0.25) is 0 Å². The summed E-state index contributed by atoms with van der Waals surface area (Å²) in [5, 5.41) is 18.8. The van der Waals surface area contributed by atoms with Crippen molar-refractivity contribution < 1.29 is 19.2 Å². The molecule has 0 atom stereocenters. The Morgan fingerprint density at radius 3 is 2.26 bits per heavy atom. The summed E-state index contributed by atoms with van der Waals surface area (Å²) in [5.41, 5.74) is 1.19. The molecule has 0 amide bonds.